The van der Waals surface area contributed by atoms with Crippen LogP contribution in [-0.4, -0.2) is 13.5 Å². The second-order valence-corrected chi connectivity index (χ2v) is 12.1. The van der Waals surface area contributed by atoms with Gasteiger partial charge in [-0.2, -0.15) is 0 Å². The zero-order valence-electron chi connectivity index (χ0n) is 25.3. The maximum Gasteiger partial charge on any atom is 0.161 e. The molecule has 0 radical (unpaired) electrons. The van der Waals surface area contributed by atoms with Crippen LogP contribution in [0.1, 0.15) is 33.4 Å². The van der Waals surface area contributed by atoms with Gasteiger partial charge in [-0.1, -0.05) is 84.9 Å². The number of ether oxygens (including phenoxy) is 3. The predicted molar refractivity (Wildman–Crippen MR) is 181 cm³/mol. The summed E-state index contributed by atoms with van der Waals surface area (Å²) in [6.07, 6.45) is 0. The Kier molecular flexibility index (Phi) is 6.23. The highest BCUT2D eigenvalue weighted by molar-refractivity contribution is 5.71. The van der Waals surface area contributed by atoms with Crippen molar-refractivity contribution in [2.75, 3.05) is 23.3 Å². The average Bonchev–Trinajstić information content (AvgIpc) is 3.13. The first-order chi connectivity index (χ1) is 22.8. The average molecular weight is 601 g/mol. The normalized spacial score (nSPS) is 15.7. The van der Waals surface area contributed by atoms with E-state index in [1.807, 2.05) is 24.3 Å². The summed E-state index contributed by atoms with van der Waals surface area (Å²) in [5.41, 5.74) is 8.53. The summed E-state index contributed by atoms with van der Waals surface area (Å²) in [6.45, 7) is 2.55. The Balaban J connectivity index is 1.24. The lowest BCUT2D eigenvalue weighted by Crippen LogP contribution is -2.36. The Morgan fingerprint density at radius 2 is 0.870 bits per heavy atom. The van der Waals surface area contributed by atoms with Crippen molar-refractivity contribution < 1.29 is 14.2 Å². The lowest BCUT2D eigenvalue weighted by atomic mass is 9.63. The van der Waals surface area contributed by atoms with Crippen LogP contribution in [0.3, 0.4) is 0 Å². The molecule has 0 unspecified atom stereocenters. The molecule has 46 heavy (non-hydrogen) atoms. The minimum atomic E-state index is -0.639. The molecule has 3 aliphatic heterocycles. The van der Waals surface area contributed by atoms with E-state index in [4.69, 9.17) is 14.2 Å². The molecule has 6 aromatic rings. The molecule has 0 amide bonds. The van der Waals surface area contributed by atoms with Crippen molar-refractivity contribution in [2.45, 2.75) is 18.5 Å². The SMILES string of the molecule is c1ccc(N2COc3ccc(C4(c5ccc6c(c5)CN(c5ccccc5)CO6)c5ccccc5Oc5ccccc54)cc3C2)cc1. The molecular formula is C41H32N2O3. The van der Waals surface area contributed by atoms with Gasteiger partial charge in [0, 0.05) is 46.7 Å². The second-order valence-electron chi connectivity index (χ2n) is 12.1. The highest BCUT2D eigenvalue weighted by atomic mass is 16.5. The zero-order valence-corrected chi connectivity index (χ0v) is 25.3. The van der Waals surface area contributed by atoms with E-state index in [1.54, 1.807) is 0 Å². The van der Waals surface area contributed by atoms with Gasteiger partial charge in [0.1, 0.15) is 23.0 Å². The van der Waals surface area contributed by atoms with Crippen LogP contribution >= 0.6 is 0 Å². The third kappa shape index (κ3) is 4.23. The Morgan fingerprint density at radius 3 is 1.35 bits per heavy atom. The molecule has 0 aromatic heterocycles. The largest absolute Gasteiger partial charge is 0.473 e. The van der Waals surface area contributed by atoms with E-state index in [-0.39, 0.29) is 0 Å². The first kappa shape index (κ1) is 26.7. The number of hydrogen-bond acceptors (Lipinski definition) is 5. The third-order valence-electron chi connectivity index (χ3n) is 9.51. The lowest BCUT2D eigenvalue weighted by Gasteiger charge is -2.42. The molecular weight excluding hydrogens is 568 g/mol. The summed E-state index contributed by atoms with van der Waals surface area (Å²) in [5, 5.41) is 0. The number of para-hydroxylation sites is 4. The molecule has 0 N–H and O–H groups in total. The van der Waals surface area contributed by atoms with Gasteiger partial charge in [0.15, 0.2) is 13.5 Å². The van der Waals surface area contributed by atoms with E-state index in [1.165, 1.54) is 11.1 Å². The molecule has 0 atom stereocenters. The van der Waals surface area contributed by atoms with E-state index >= 15 is 0 Å². The van der Waals surface area contributed by atoms with Crippen molar-refractivity contribution in [3.05, 3.63) is 179 Å². The van der Waals surface area contributed by atoms with Crippen LogP contribution in [0, 0.1) is 0 Å². The van der Waals surface area contributed by atoms with Gasteiger partial charge in [-0.3, -0.25) is 0 Å². The van der Waals surface area contributed by atoms with Crippen LogP contribution < -0.4 is 24.0 Å². The first-order valence-electron chi connectivity index (χ1n) is 15.8. The Morgan fingerprint density at radius 1 is 0.435 bits per heavy atom. The summed E-state index contributed by atoms with van der Waals surface area (Å²) in [5.74, 6) is 3.58. The number of hydrogen-bond donors (Lipinski definition) is 0. The van der Waals surface area contributed by atoms with E-state index in [0.717, 1.165) is 69.7 Å². The first-order valence-corrected chi connectivity index (χ1v) is 15.8. The summed E-state index contributed by atoms with van der Waals surface area (Å²) < 4.78 is 19.2. The quantitative estimate of drug-likeness (QED) is 0.202. The van der Waals surface area contributed by atoms with Gasteiger partial charge >= 0.3 is 0 Å². The molecule has 0 saturated carbocycles. The number of benzene rings is 6. The van der Waals surface area contributed by atoms with Crippen molar-refractivity contribution in [3.8, 4) is 23.0 Å². The summed E-state index contributed by atoms with van der Waals surface area (Å²) >= 11 is 0. The summed E-state index contributed by atoms with van der Waals surface area (Å²) in [6, 6.07) is 51.3. The number of rotatable bonds is 4. The van der Waals surface area contributed by atoms with Gasteiger partial charge in [0.25, 0.3) is 0 Å². The Bertz CT molecular complexity index is 1910. The number of nitrogens with zero attached hydrogens (tertiary/aromatic N) is 2. The molecule has 224 valence electrons. The third-order valence-corrected chi connectivity index (χ3v) is 9.51. The van der Waals surface area contributed by atoms with Gasteiger partial charge in [-0.25, -0.2) is 0 Å². The van der Waals surface area contributed by atoms with Crippen molar-refractivity contribution in [2.24, 2.45) is 0 Å². The fourth-order valence-corrected chi connectivity index (χ4v) is 7.34. The van der Waals surface area contributed by atoms with Crippen LogP contribution in [0.25, 0.3) is 0 Å². The molecule has 5 heteroatoms. The summed E-state index contributed by atoms with van der Waals surface area (Å²) in [4.78, 5) is 4.55. The maximum atomic E-state index is 6.58. The van der Waals surface area contributed by atoms with E-state index in [2.05, 4.69) is 131 Å². The molecule has 0 spiro atoms. The maximum absolute atomic E-state index is 6.58. The van der Waals surface area contributed by atoms with Crippen molar-refractivity contribution in [1.82, 2.24) is 0 Å². The van der Waals surface area contributed by atoms with Crippen molar-refractivity contribution >= 4 is 11.4 Å². The second kappa shape index (κ2) is 10.7. The van der Waals surface area contributed by atoms with Crippen molar-refractivity contribution in [3.63, 3.8) is 0 Å². The molecule has 0 bridgehead atoms. The van der Waals surface area contributed by atoms with Crippen LogP contribution in [0.15, 0.2) is 146 Å². The fourth-order valence-electron chi connectivity index (χ4n) is 7.34. The van der Waals surface area contributed by atoms with Gasteiger partial charge in [0.05, 0.1) is 5.41 Å². The lowest BCUT2D eigenvalue weighted by molar-refractivity contribution is 0.289. The molecule has 5 nitrogen and oxygen atoms in total. The van der Waals surface area contributed by atoms with Gasteiger partial charge < -0.3 is 24.0 Å². The number of fused-ring (bicyclic) bond motifs is 4. The smallest absolute Gasteiger partial charge is 0.161 e. The molecule has 6 aromatic carbocycles. The molecule has 0 aliphatic carbocycles. The van der Waals surface area contributed by atoms with Crippen LogP contribution in [0.4, 0.5) is 11.4 Å². The minimum Gasteiger partial charge on any atom is -0.473 e. The highest BCUT2D eigenvalue weighted by Crippen LogP contribution is 2.56. The van der Waals surface area contributed by atoms with E-state index < -0.39 is 5.41 Å². The molecule has 3 heterocycles. The monoisotopic (exact) mass is 600 g/mol. The van der Waals surface area contributed by atoms with Gasteiger partial charge in [-0.05, 0) is 71.8 Å². The molecule has 0 fully saturated rings. The van der Waals surface area contributed by atoms with Gasteiger partial charge in [0.2, 0.25) is 0 Å². The standard InChI is InChI=1S/C41H32N2O3/c1-3-11-33(12-4-1)42-25-29-23-31(19-21-37(29)44-27-42)41(35-15-7-9-17-39(35)46-40-18-10-8-16-36(40)41)32-20-22-38-30(24-32)26-43(28-45-38)34-13-5-2-6-14-34/h1-24H,25-28H2. The van der Waals surface area contributed by atoms with E-state index in [0.29, 0.717) is 13.5 Å². The van der Waals surface area contributed by atoms with Crippen LogP contribution in [0.2, 0.25) is 0 Å². The summed E-state index contributed by atoms with van der Waals surface area (Å²) in [7, 11) is 0. The molecule has 0 saturated heterocycles. The molecule has 9 rings (SSSR count). The van der Waals surface area contributed by atoms with Crippen LogP contribution in [-0.2, 0) is 18.5 Å². The van der Waals surface area contributed by atoms with Gasteiger partial charge in [-0.15, -0.1) is 0 Å². The molecule has 3 aliphatic rings. The topological polar surface area (TPSA) is 34.2 Å². The Labute approximate surface area is 268 Å². The number of anilines is 2. The predicted octanol–water partition coefficient (Wildman–Crippen LogP) is 8.89. The zero-order chi connectivity index (χ0) is 30.5. The highest BCUT2D eigenvalue weighted by Gasteiger charge is 2.46. The minimum absolute atomic E-state index is 0.518. The van der Waals surface area contributed by atoms with E-state index in [9.17, 15) is 0 Å². The Hall–Kier alpha value is -5.68. The van der Waals surface area contributed by atoms with Crippen molar-refractivity contribution in [1.29, 1.82) is 0 Å². The van der Waals surface area contributed by atoms with Crippen LogP contribution in [0.5, 0.6) is 23.0 Å². The fraction of sp³-hybridized carbons (Fsp3) is 0.122.